The van der Waals surface area contributed by atoms with Crippen molar-refractivity contribution < 1.29 is 4.74 Å². The largest absolute Gasteiger partial charge is 0.477 e. The zero-order chi connectivity index (χ0) is 15.9. The van der Waals surface area contributed by atoms with Crippen LogP contribution in [0, 0.1) is 5.92 Å². The molecule has 1 fully saturated rings. The topological polar surface area (TPSA) is 73.1 Å². The Hall–Kier alpha value is -1.98. The molecule has 0 amide bonds. The monoisotopic (exact) mass is 312 g/mol. The summed E-state index contributed by atoms with van der Waals surface area (Å²) in [7, 11) is 0. The molecule has 5 nitrogen and oxygen atoms in total. The van der Waals surface area contributed by atoms with Crippen LogP contribution >= 0.6 is 0 Å². The Morgan fingerprint density at radius 2 is 2.04 bits per heavy atom. The minimum absolute atomic E-state index is 0.166. The first-order valence-electron chi connectivity index (χ1n) is 8.24. The van der Waals surface area contributed by atoms with E-state index < -0.39 is 0 Å². The highest BCUT2D eigenvalue weighted by Crippen LogP contribution is 2.25. The van der Waals surface area contributed by atoms with Gasteiger partial charge in [-0.2, -0.15) is 0 Å². The third kappa shape index (κ3) is 4.50. The van der Waals surface area contributed by atoms with Gasteiger partial charge in [-0.15, -0.1) is 0 Å². The molecule has 122 valence electrons. The van der Waals surface area contributed by atoms with Gasteiger partial charge in [0.2, 0.25) is 5.88 Å². The van der Waals surface area contributed by atoms with Crippen LogP contribution in [0.3, 0.4) is 0 Å². The Kier molecular flexibility index (Phi) is 5.56. The van der Waals surface area contributed by atoms with Crippen molar-refractivity contribution in [3.8, 4) is 5.88 Å². The zero-order valence-corrected chi connectivity index (χ0v) is 13.3. The average Bonchev–Trinajstić information content (AvgIpc) is 2.61. The van der Waals surface area contributed by atoms with Crippen LogP contribution in [0.15, 0.2) is 48.9 Å². The highest BCUT2D eigenvalue weighted by atomic mass is 16.5. The fraction of sp³-hybridized carbons (Fsp3) is 0.444. The van der Waals surface area contributed by atoms with E-state index in [4.69, 9.17) is 10.5 Å². The maximum Gasteiger partial charge on any atom is 0.216 e. The molecule has 0 bridgehead atoms. The van der Waals surface area contributed by atoms with Gasteiger partial charge in [-0.05, 0) is 18.4 Å². The Morgan fingerprint density at radius 3 is 2.83 bits per heavy atom. The van der Waals surface area contributed by atoms with E-state index in [1.165, 1.54) is 11.9 Å². The molecule has 1 aromatic carbocycles. The summed E-state index contributed by atoms with van der Waals surface area (Å²) in [5.41, 5.74) is 7.64. The second kappa shape index (κ2) is 8.04. The summed E-state index contributed by atoms with van der Waals surface area (Å²) < 4.78 is 5.83. The molecule has 1 aliphatic rings. The lowest BCUT2D eigenvalue weighted by atomic mass is 9.81. The van der Waals surface area contributed by atoms with Crippen LogP contribution in [-0.4, -0.2) is 28.7 Å². The van der Waals surface area contributed by atoms with E-state index in [0.717, 1.165) is 25.8 Å². The van der Waals surface area contributed by atoms with E-state index in [2.05, 4.69) is 39.6 Å². The summed E-state index contributed by atoms with van der Waals surface area (Å²) in [5.74, 6) is 0.905. The maximum atomic E-state index is 6.35. The number of nitrogens with two attached hydrogens (primary N) is 1. The number of aromatic nitrogens is 2. The number of benzene rings is 1. The first kappa shape index (κ1) is 15.9. The summed E-state index contributed by atoms with van der Waals surface area (Å²) in [6.07, 6.45) is 6.55. The van der Waals surface area contributed by atoms with Gasteiger partial charge in [-0.3, -0.25) is 0 Å². The van der Waals surface area contributed by atoms with Crippen molar-refractivity contribution in [3.05, 3.63) is 54.5 Å². The standard InChI is InChI=1S/C18H24N4O/c19-16-7-4-8-17(21-11-14-5-2-1-3-6-14)15(16)12-23-18-9-10-20-13-22-18/h1-3,5-6,9-10,13,15-17,21H,4,7-8,11-12,19H2. The van der Waals surface area contributed by atoms with Crippen molar-refractivity contribution >= 4 is 0 Å². The van der Waals surface area contributed by atoms with E-state index in [1.54, 1.807) is 12.3 Å². The smallest absolute Gasteiger partial charge is 0.216 e. The van der Waals surface area contributed by atoms with Gasteiger partial charge in [0.15, 0.2) is 0 Å². The van der Waals surface area contributed by atoms with Crippen molar-refractivity contribution in [1.29, 1.82) is 0 Å². The number of hydrogen-bond donors (Lipinski definition) is 2. The first-order valence-corrected chi connectivity index (χ1v) is 8.24. The minimum atomic E-state index is 0.166. The molecule has 2 aromatic rings. The third-order valence-electron chi connectivity index (χ3n) is 4.51. The predicted molar refractivity (Wildman–Crippen MR) is 89.9 cm³/mol. The fourth-order valence-electron chi connectivity index (χ4n) is 3.18. The number of rotatable bonds is 6. The lowest BCUT2D eigenvalue weighted by Crippen LogP contribution is -2.50. The SMILES string of the molecule is NC1CCCC(NCc2ccccc2)C1COc1ccncn1. The summed E-state index contributed by atoms with van der Waals surface area (Å²) in [4.78, 5) is 8.02. The summed E-state index contributed by atoms with van der Waals surface area (Å²) in [6.45, 7) is 1.45. The Bertz CT molecular complexity index is 578. The molecule has 0 spiro atoms. The molecule has 5 heteroatoms. The van der Waals surface area contributed by atoms with Gasteiger partial charge in [0.05, 0.1) is 6.61 Å². The van der Waals surface area contributed by atoms with Gasteiger partial charge in [0, 0.05) is 36.8 Å². The van der Waals surface area contributed by atoms with E-state index in [9.17, 15) is 0 Å². The molecule has 0 radical (unpaired) electrons. The van der Waals surface area contributed by atoms with Crippen molar-refractivity contribution in [2.45, 2.75) is 37.9 Å². The lowest BCUT2D eigenvalue weighted by Gasteiger charge is -2.36. The summed E-state index contributed by atoms with van der Waals surface area (Å²) in [5, 5.41) is 3.66. The van der Waals surface area contributed by atoms with Crippen molar-refractivity contribution in [2.24, 2.45) is 11.7 Å². The van der Waals surface area contributed by atoms with Gasteiger partial charge < -0.3 is 15.8 Å². The zero-order valence-electron chi connectivity index (χ0n) is 13.3. The molecule has 0 saturated heterocycles. The van der Waals surface area contributed by atoms with Crippen LogP contribution in [0.2, 0.25) is 0 Å². The highest BCUT2D eigenvalue weighted by molar-refractivity contribution is 5.14. The normalized spacial score (nSPS) is 24.3. The minimum Gasteiger partial charge on any atom is -0.477 e. The number of nitrogens with zero attached hydrogens (tertiary/aromatic N) is 2. The van der Waals surface area contributed by atoms with E-state index >= 15 is 0 Å². The molecule has 0 aliphatic heterocycles. The van der Waals surface area contributed by atoms with Gasteiger partial charge in [0.25, 0.3) is 0 Å². The van der Waals surface area contributed by atoms with Crippen LogP contribution in [0.5, 0.6) is 5.88 Å². The second-order valence-electron chi connectivity index (χ2n) is 6.09. The molecule has 3 rings (SSSR count). The van der Waals surface area contributed by atoms with Gasteiger partial charge in [-0.25, -0.2) is 9.97 Å². The highest BCUT2D eigenvalue weighted by Gasteiger charge is 2.31. The second-order valence-corrected chi connectivity index (χ2v) is 6.09. The number of nitrogens with one attached hydrogen (secondary N) is 1. The van der Waals surface area contributed by atoms with Crippen molar-refractivity contribution in [1.82, 2.24) is 15.3 Å². The fourth-order valence-corrected chi connectivity index (χ4v) is 3.18. The number of hydrogen-bond acceptors (Lipinski definition) is 5. The first-order chi connectivity index (χ1) is 11.3. The molecule has 3 N–H and O–H groups in total. The van der Waals surface area contributed by atoms with E-state index in [-0.39, 0.29) is 6.04 Å². The van der Waals surface area contributed by atoms with Crippen molar-refractivity contribution in [2.75, 3.05) is 6.61 Å². The number of ether oxygens (including phenoxy) is 1. The molecule has 3 unspecified atom stereocenters. The van der Waals surface area contributed by atoms with Crippen LogP contribution in [0.25, 0.3) is 0 Å². The van der Waals surface area contributed by atoms with E-state index in [1.807, 2.05) is 6.07 Å². The lowest BCUT2D eigenvalue weighted by molar-refractivity contribution is 0.144. The van der Waals surface area contributed by atoms with Gasteiger partial charge >= 0.3 is 0 Å². The molecular formula is C18H24N4O. The van der Waals surface area contributed by atoms with Gasteiger partial charge in [-0.1, -0.05) is 36.8 Å². The molecule has 1 heterocycles. The van der Waals surface area contributed by atoms with Crippen LogP contribution in [0.4, 0.5) is 0 Å². The predicted octanol–water partition coefficient (Wildman–Crippen LogP) is 2.14. The molecule has 23 heavy (non-hydrogen) atoms. The van der Waals surface area contributed by atoms with Crippen molar-refractivity contribution in [3.63, 3.8) is 0 Å². The van der Waals surface area contributed by atoms with Crippen LogP contribution in [-0.2, 0) is 6.54 Å². The molecule has 3 atom stereocenters. The van der Waals surface area contributed by atoms with Crippen LogP contribution < -0.4 is 15.8 Å². The summed E-state index contributed by atoms with van der Waals surface area (Å²) in [6, 6.07) is 12.8. The quantitative estimate of drug-likeness (QED) is 0.855. The Labute approximate surface area is 137 Å². The molecule has 1 aliphatic carbocycles. The third-order valence-corrected chi connectivity index (χ3v) is 4.51. The summed E-state index contributed by atoms with van der Waals surface area (Å²) >= 11 is 0. The maximum absolute atomic E-state index is 6.35. The molecular weight excluding hydrogens is 288 g/mol. The van der Waals surface area contributed by atoms with Crippen LogP contribution in [0.1, 0.15) is 24.8 Å². The van der Waals surface area contributed by atoms with Gasteiger partial charge in [0.1, 0.15) is 6.33 Å². The Morgan fingerprint density at radius 1 is 1.17 bits per heavy atom. The molecule has 1 aromatic heterocycles. The Balaban J connectivity index is 1.58. The van der Waals surface area contributed by atoms with E-state index in [0.29, 0.717) is 24.4 Å². The molecule has 1 saturated carbocycles. The average molecular weight is 312 g/mol.